The minimum absolute atomic E-state index is 0.0376. The van der Waals surface area contributed by atoms with E-state index in [-0.39, 0.29) is 30.1 Å². The summed E-state index contributed by atoms with van der Waals surface area (Å²) in [6, 6.07) is 6.06. The van der Waals surface area contributed by atoms with Crippen LogP contribution in [0, 0.1) is 15.5 Å². The van der Waals surface area contributed by atoms with Gasteiger partial charge in [-0.2, -0.15) is 8.62 Å². The molecule has 1 amide bonds. The third-order valence-electron chi connectivity index (χ3n) is 6.10. The van der Waals surface area contributed by atoms with Gasteiger partial charge in [0.25, 0.3) is 11.6 Å². The molecule has 0 aliphatic carbocycles. The van der Waals surface area contributed by atoms with Gasteiger partial charge in [-0.3, -0.25) is 19.4 Å². The van der Waals surface area contributed by atoms with E-state index in [1.807, 2.05) is 20.8 Å². The van der Waals surface area contributed by atoms with Gasteiger partial charge in [-0.1, -0.05) is 39.5 Å². The van der Waals surface area contributed by atoms with E-state index in [4.69, 9.17) is 19.3 Å². The number of carbonyl (C=O) groups is 1. The molecule has 1 saturated heterocycles. The molecule has 2 aliphatic heterocycles. The molecule has 44 heavy (non-hydrogen) atoms. The largest absolute Gasteiger partial charge is 0.490 e. The molecular formula is C22H32N3O16P3. The number of nitro benzene ring substituents is 1. The molecule has 6 N–H and O–H groups in total. The number of phosphoric ester groups is 1. The number of hydrogen-bond acceptors (Lipinski definition) is 13. The second-order valence-corrected chi connectivity index (χ2v) is 15.1. The number of nitro groups is 1. The highest BCUT2D eigenvalue weighted by Crippen LogP contribution is 2.66. The van der Waals surface area contributed by atoms with Gasteiger partial charge in [0.2, 0.25) is 0 Å². The lowest BCUT2D eigenvalue weighted by atomic mass is 9.84. The lowest BCUT2D eigenvalue weighted by molar-refractivity contribution is -0.386. The quantitative estimate of drug-likeness (QED) is 0.0986. The fraction of sp³-hybridized carbons (Fsp3) is 0.500. The first kappa shape index (κ1) is 36.1. The van der Waals surface area contributed by atoms with Gasteiger partial charge in [0.15, 0.2) is 0 Å². The number of benzene rings is 1. The third-order valence-corrected chi connectivity index (χ3v) is 9.90. The zero-order valence-electron chi connectivity index (χ0n) is 23.5. The van der Waals surface area contributed by atoms with E-state index in [0.29, 0.717) is 5.56 Å². The predicted octanol–water partition coefficient (Wildman–Crippen LogP) is 2.30. The lowest BCUT2D eigenvalue weighted by Crippen LogP contribution is -2.44. The molecule has 3 rings (SSSR count). The molecule has 2 aliphatic rings. The van der Waals surface area contributed by atoms with Crippen molar-refractivity contribution in [1.29, 1.82) is 0 Å². The smallest absolute Gasteiger partial charge is 0.390 e. The number of rotatable bonds is 13. The molecule has 2 heterocycles. The van der Waals surface area contributed by atoms with Crippen LogP contribution in [0.3, 0.4) is 0 Å². The van der Waals surface area contributed by atoms with E-state index in [2.05, 4.69) is 25.0 Å². The van der Waals surface area contributed by atoms with Crippen LogP contribution in [-0.2, 0) is 41.1 Å². The van der Waals surface area contributed by atoms with Gasteiger partial charge in [-0.05, 0) is 11.5 Å². The molecule has 246 valence electrons. The summed E-state index contributed by atoms with van der Waals surface area (Å²) in [5.74, 6) is -0.542. The number of nitrogens with one attached hydrogen (secondary N) is 1. The van der Waals surface area contributed by atoms with E-state index in [1.54, 1.807) is 12.1 Å². The number of amides is 1. The monoisotopic (exact) mass is 687 g/mol. The Labute approximate surface area is 250 Å². The number of para-hydroxylation sites is 1. The molecule has 22 heteroatoms. The second-order valence-electron chi connectivity index (χ2n) is 10.7. The highest BCUT2D eigenvalue weighted by Gasteiger charge is 2.44. The average molecular weight is 687 g/mol. The number of phosphoric acid groups is 3. The molecule has 6 atom stereocenters. The molecule has 0 aromatic heterocycles. The normalized spacial score (nSPS) is 24.7. The molecule has 1 aromatic carbocycles. The van der Waals surface area contributed by atoms with Crippen LogP contribution in [0.5, 0.6) is 0 Å². The van der Waals surface area contributed by atoms with Crippen LogP contribution in [0.15, 0.2) is 48.4 Å². The van der Waals surface area contributed by atoms with Gasteiger partial charge in [0.05, 0.1) is 41.5 Å². The van der Waals surface area contributed by atoms with E-state index >= 15 is 0 Å². The molecule has 1 aromatic rings. The van der Waals surface area contributed by atoms with Crippen LogP contribution in [0.4, 0.5) is 5.69 Å². The minimum atomic E-state index is -5.74. The van der Waals surface area contributed by atoms with E-state index < -0.39 is 70.9 Å². The summed E-state index contributed by atoms with van der Waals surface area (Å²) in [6.45, 7) is 7.99. The first-order valence-corrected chi connectivity index (χ1v) is 17.1. The molecule has 0 spiro atoms. The Kier molecular flexibility index (Phi) is 11.1. The van der Waals surface area contributed by atoms with Gasteiger partial charge in [-0.25, -0.2) is 13.7 Å². The third kappa shape index (κ3) is 9.83. The van der Waals surface area contributed by atoms with Crippen molar-refractivity contribution in [2.75, 3.05) is 13.2 Å². The summed E-state index contributed by atoms with van der Waals surface area (Å²) in [5.41, 5.74) is -0.404. The number of aliphatic hydroxyl groups is 1. The average Bonchev–Trinajstić information content (AvgIpc) is 3.21. The van der Waals surface area contributed by atoms with Crippen LogP contribution in [0.25, 0.3) is 0 Å². The minimum Gasteiger partial charge on any atom is -0.390 e. The van der Waals surface area contributed by atoms with Crippen molar-refractivity contribution >= 4 is 35.1 Å². The van der Waals surface area contributed by atoms with Crippen LogP contribution in [0.1, 0.15) is 38.9 Å². The highest BCUT2D eigenvalue weighted by atomic mass is 31.3. The summed E-state index contributed by atoms with van der Waals surface area (Å²) in [5, 5.41) is 24.6. The highest BCUT2D eigenvalue weighted by molar-refractivity contribution is 7.66. The number of ether oxygens (including phenoxy) is 2. The topological polar surface area (TPSA) is 274 Å². The number of hydrogen-bond donors (Lipinski definition) is 6. The van der Waals surface area contributed by atoms with Gasteiger partial charge >= 0.3 is 23.5 Å². The zero-order valence-corrected chi connectivity index (χ0v) is 26.2. The van der Waals surface area contributed by atoms with Crippen LogP contribution < -0.4 is 5.32 Å². The summed E-state index contributed by atoms with van der Waals surface area (Å²) >= 11 is 0. The Bertz CT molecular complexity index is 1460. The van der Waals surface area contributed by atoms with Crippen molar-refractivity contribution < 1.29 is 70.7 Å². The van der Waals surface area contributed by atoms with Crippen molar-refractivity contribution in [3.05, 3.63) is 64.1 Å². The van der Waals surface area contributed by atoms with Crippen molar-refractivity contribution in [2.24, 2.45) is 5.41 Å². The predicted molar refractivity (Wildman–Crippen MR) is 148 cm³/mol. The maximum absolute atomic E-state index is 12.7. The summed E-state index contributed by atoms with van der Waals surface area (Å²) in [6.07, 6.45) is -3.30. The van der Waals surface area contributed by atoms with Gasteiger partial charge in [0.1, 0.15) is 18.2 Å². The van der Waals surface area contributed by atoms with Crippen LogP contribution in [-0.4, -0.2) is 72.1 Å². The fourth-order valence-electron chi connectivity index (χ4n) is 4.30. The zero-order chi connectivity index (χ0) is 33.3. The number of nitrogens with zero attached hydrogens (tertiary/aromatic N) is 2. The Morgan fingerprint density at radius 3 is 2.39 bits per heavy atom. The fourth-order valence-corrected chi connectivity index (χ4v) is 7.33. The lowest BCUT2D eigenvalue weighted by Gasteiger charge is -2.35. The van der Waals surface area contributed by atoms with E-state index in [1.165, 1.54) is 23.2 Å². The number of carbonyl (C=O) groups excluding carboxylic acids is 1. The number of aliphatic hydroxyl groups excluding tert-OH is 1. The molecule has 0 radical (unpaired) electrons. The van der Waals surface area contributed by atoms with Gasteiger partial charge < -0.3 is 44.4 Å². The van der Waals surface area contributed by atoms with Crippen LogP contribution >= 0.6 is 23.5 Å². The van der Waals surface area contributed by atoms with Gasteiger partial charge in [0, 0.05) is 18.7 Å². The molecule has 0 bridgehead atoms. The molecule has 2 unspecified atom stereocenters. The van der Waals surface area contributed by atoms with Crippen LogP contribution in [0.2, 0.25) is 0 Å². The summed E-state index contributed by atoms with van der Waals surface area (Å²) < 4.78 is 57.9. The van der Waals surface area contributed by atoms with Crippen molar-refractivity contribution in [3.8, 4) is 0 Å². The van der Waals surface area contributed by atoms with Crippen molar-refractivity contribution in [1.82, 2.24) is 10.2 Å². The second kappa shape index (κ2) is 13.6. The standard InChI is InChI=1S/C22H32N3O16P3/c1-13-23-21(27)14(11-37-20(22(2,3)4)15-7-5-6-8-16(15)25(28)29)10-24(13)19-9-17(26)18(39-19)12-38-43(33,34)41-44(35,36)40-42(30,31)32/h5-8,10,17-20,26H,1,9,11-12H2,2-4H3,(H,23,27)(H,33,34)(H,35,36)(H2,30,31,32)/t17-,18-,19-,20-/m1/s1. The summed E-state index contributed by atoms with van der Waals surface area (Å²) in [4.78, 5) is 61.4. The molecule has 1 fully saturated rings. The van der Waals surface area contributed by atoms with Gasteiger partial charge in [-0.15, -0.1) is 0 Å². The Morgan fingerprint density at radius 2 is 1.80 bits per heavy atom. The van der Waals surface area contributed by atoms with Crippen molar-refractivity contribution in [3.63, 3.8) is 0 Å². The first-order valence-electron chi connectivity index (χ1n) is 12.5. The summed E-state index contributed by atoms with van der Waals surface area (Å²) in [7, 11) is -16.8. The van der Waals surface area contributed by atoms with Crippen molar-refractivity contribution in [2.45, 2.75) is 51.7 Å². The Balaban J connectivity index is 1.71. The maximum Gasteiger partial charge on any atom is 0.490 e. The van der Waals surface area contributed by atoms with E-state index in [0.717, 1.165) is 0 Å². The maximum atomic E-state index is 12.7. The first-order chi connectivity index (χ1) is 20.1. The SMILES string of the molecule is C=C1NC(=O)C(CO[C@H](c2ccccc2[N+](=O)[O-])C(C)(C)C)=CN1[C@H]1C[C@@H](O)[C@@H](COP(=O)(O)OP(=O)(O)OP(=O)(O)O)O1. The Morgan fingerprint density at radius 1 is 1.16 bits per heavy atom. The van der Waals surface area contributed by atoms with E-state index in [9.17, 15) is 43.5 Å². The Hall–Kier alpha value is -2.34. The molecular weight excluding hydrogens is 655 g/mol. The molecule has 19 nitrogen and oxygen atoms in total. The molecule has 0 saturated carbocycles.